The standard InChI is InChI=1S/C43H67N5O9S/c1-10-12-15-22-56-48(41(53)37(28(5)11-2)46-39(52)34-16-13-14-21-47(34)9)35(27(3)4)24-36(57-29(6)49)40-45-33(26-58-40)38(51)44-31(25-43(7,8)42(54)55)23-30-17-19-32(50)20-18-30/h17-20,26-28,31,34-37,50H,10-16,21-25H2,1-9H3,(H,44,51)(H,46,52)(H,54,55)/t28-,31-,34?,35+,36+,37-/m0/s1. The van der Waals surface area contributed by atoms with E-state index < -0.39 is 47.5 Å². The molecule has 0 saturated carbocycles. The van der Waals surface area contributed by atoms with Gasteiger partial charge in [-0.25, -0.2) is 10.0 Å². The topological polar surface area (TPSA) is 188 Å². The Balaban J connectivity index is 1.94. The number of rotatable bonds is 23. The summed E-state index contributed by atoms with van der Waals surface area (Å²) in [7, 11) is 1.93. The minimum absolute atomic E-state index is 0.0677. The van der Waals surface area contributed by atoms with E-state index in [9.17, 15) is 34.2 Å². The fourth-order valence-electron chi connectivity index (χ4n) is 7.16. The number of aromatic hydroxyl groups is 1. The molecule has 0 spiro atoms. The van der Waals surface area contributed by atoms with Crippen molar-refractivity contribution in [2.45, 2.75) is 150 Å². The molecule has 324 valence electrons. The molecule has 2 heterocycles. The fourth-order valence-corrected chi connectivity index (χ4v) is 8.00. The minimum Gasteiger partial charge on any atom is -0.508 e. The van der Waals surface area contributed by atoms with Gasteiger partial charge in [0.1, 0.15) is 22.5 Å². The number of ether oxygens (including phenoxy) is 1. The number of carbonyl (C=O) groups is 5. The number of benzene rings is 1. The first-order valence-electron chi connectivity index (χ1n) is 20.8. The number of nitrogens with zero attached hydrogens (tertiary/aromatic N) is 3. The molecule has 4 N–H and O–H groups in total. The normalized spacial score (nSPS) is 17.4. The zero-order valence-corrected chi connectivity index (χ0v) is 36.7. The molecule has 6 atom stereocenters. The van der Waals surface area contributed by atoms with Crippen molar-refractivity contribution in [1.82, 2.24) is 25.6 Å². The van der Waals surface area contributed by atoms with Crippen LogP contribution in [0.15, 0.2) is 29.6 Å². The Labute approximate surface area is 348 Å². The van der Waals surface area contributed by atoms with Gasteiger partial charge in [-0.2, -0.15) is 0 Å². The van der Waals surface area contributed by atoms with E-state index in [0.717, 1.165) is 49.1 Å². The highest BCUT2D eigenvalue weighted by Gasteiger charge is 2.40. The number of hydroxylamine groups is 2. The molecule has 58 heavy (non-hydrogen) atoms. The van der Waals surface area contributed by atoms with Crippen LogP contribution in [0.2, 0.25) is 0 Å². The average Bonchev–Trinajstić information content (AvgIpc) is 3.67. The first kappa shape index (κ1) is 48.3. The van der Waals surface area contributed by atoms with Crippen LogP contribution in [0.4, 0.5) is 0 Å². The molecule has 1 aliphatic rings. The van der Waals surface area contributed by atoms with Crippen LogP contribution < -0.4 is 10.6 Å². The molecule has 0 bridgehead atoms. The monoisotopic (exact) mass is 829 g/mol. The van der Waals surface area contributed by atoms with Crippen LogP contribution in [0, 0.1) is 17.3 Å². The van der Waals surface area contributed by atoms with E-state index in [4.69, 9.17) is 9.57 Å². The Morgan fingerprint density at radius 3 is 2.33 bits per heavy atom. The number of phenolic OH excluding ortho intramolecular Hbond substituents is 1. The van der Waals surface area contributed by atoms with Crippen LogP contribution in [0.3, 0.4) is 0 Å². The van der Waals surface area contributed by atoms with E-state index in [1.54, 1.807) is 31.4 Å². The van der Waals surface area contributed by atoms with Gasteiger partial charge in [-0.3, -0.25) is 33.7 Å². The van der Waals surface area contributed by atoms with Crippen molar-refractivity contribution < 1.29 is 43.8 Å². The number of hydrogen-bond acceptors (Lipinski definition) is 11. The highest BCUT2D eigenvalue weighted by molar-refractivity contribution is 7.09. The summed E-state index contributed by atoms with van der Waals surface area (Å²) in [5.41, 5.74) is -0.289. The molecule has 1 aromatic heterocycles. The third-order valence-electron chi connectivity index (χ3n) is 11.0. The van der Waals surface area contributed by atoms with Crippen LogP contribution in [0.1, 0.15) is 140 Å². The summed E-state index contributed by atoms with van der Waals surface area (Å²) >= 11 is 1.14. The van der Waals surface area contributed by atoms with E-state index >= 15 is 0 Å². The summed E-state index contributed by atoms with van der Waals surface area (Å²) in [5.74, 6) is -2.96. The van der Waals surface area contributed by atoms with Crippen molar-refractivity contribution in [2.24, 2.45) is 17.3 Å². The van der Waals surface area contributed by atoms with E-state index in [0.29, 0.717) is 30.7 Å². The van der Waals surface area contributed by atoms with Crippen LogP contribution >= 0.6 is 11.3 Å². The summed E-state index contributed by atoms with van der Waals surface area (Å²) in [6.07, 6.45) is 5.47. The lowest BCUT2D eigenvalue weighted by molar-refractivity contribution is -0.213. The van der Waals surface area contributed by atoms with Gasteiger partial charge >= 0.3 is 11.9 Å². The second kappa shape index (κ2) is 22.9. The smallest absolute Gasteiger partial charge is 0.309 e. The molecule has 1 aliphatic heterocycles. The third kappa shape index (κ3) is 14.3. The SMILES string of the molecule is CCCCCON(C(=O)[C@@H](NC(=O)C1CCCCN1C)[C@@H](C)CC)[C@H](C[C@@H](OC(C)=O)c1nc(C(=O)N[C@@H](Cc2ccc(O)cc2)CC(C)(C)C(=O)O)cs1)C(C)C. The molecule has 1 unspecified atom stereocenters. The highest BCUT2D eigenvalue weighted by atomic mass is 32.1. The van der Waals surface area contributed by atoms with Crippen LogP contribution in [0.5, 0.6) is 5.75 Å². The second-order valence-electron chi connectivity index (χ2n) is 16.7. The fraction of sp³-hybridized carbons (Fsp3) is 0.674. The predicted octanol–water partition coefficient (Wildman–Crippen LogP) is 6.68. The number of aromatic nitrogens is 1. The molecule has 0 radical (unpaired) electrons. The van der Waals surface area contributed by atoms with Crippen molar-refractivity contribution >= 4 is 41.0 Å². The lowest BCUT2D eigenvalue weighted by Crippen LogP contribution is -2.58. The van der Waals surface area contributed by atoms with E-state index in [-0.39, 0.29) is 60.6 Å². The summed E-state index contributed by atoms with van der Waals surface area (Å²) < 4.78 is 5.85. The molecular formula is C43H67N5O9S. The molecule has 2 aromatic rings. The van der Waals surface area contributed by atoms with Gasteiger partial charge in [-0.1, -0.05) is 72.4 Å². The summed E-state index contributed by atoms with van der Waals surface area (Å²) in [5, 5.41) is 29.0. The maximum Gasteiger partial charge on any atom is 0.309 e. The number of thiazole rings is 1. The summed E-state index contributed by atoms with van der Waals surface area (Å²) in [4.78, 5) is 79.8. The van der Waals surface area contributed by atoms with Crippen LogP contribution in [0.25, 0.3) is 0 Å². The molecule has 0 aliphatic carbocycles. The predicted molar refractivity (Wildman–Crippen MR) is 223 cm³/mol. The number of aliphatic carboxylic acids is 1. The van der Waals surface area contributed by atoms with Crippen molar-refractivity contribution in [3.8, 4) is 5.75 Å². The maximum atomic E-state index is 14.7. The quantitative estimate of drug-likeness (QED) is 0.0532. The Morgan fingerprint density at radius 2 is 1.74 bits per heavy atom. The molecular weight excluding hydrogens is 763 g/mol. The maximum absolute atomic E-state index is 14.7. The molecule has 3 rings (SSSR count). The van der Waals surface area contributed by atoms with Crippen LogP contribution in [-0.4, -0.2) is 99.2 Å². The van der Waals surface area contributed by atoms with Crippen LogP contribution in [-0.2, 0) is 35.2 Å². The Morgan fingerprint density at radius 1 is 1.05 bits per heavy atom. The average molecular weight is 830 g/mol. The molecule has 15 heteroatoms. The Kier molecular flexibility index (Phi) is 19.1. The molecule has 3 amide bonds. The molecule has 1 fully saturated rings. The van der Waals surface area contributed by atoms with Crippen molar-refractivity contribution in [1.29, 1.82) is 0 Å². The number of hydrogen-bond donors (Lipinski definition) is 4. The largest absolute Gasteiger partial charge is 0.508 e. The number of carboxylic acids is 1. The van der Waals surface area contributed by atoms with Gasteiger partial charge in [-0.15, -0.1) is 11.3 Å². The van der Waals surface area contributed by atoms with Gasteiger partial charge in [0.2, 0.25) is 5.91 Å². The number of carbonyl (C=O) groups excluding carboxylic acids is 4. The van der Waals surface area contributed by atoms with E-state index in [1.165, 1.54) is 24.1 Å². The highest BCUT2D eigenvalue weighted by Crippen LogP contribution is 2.32. The first-order chi connectivity index (χ1) is 27.4. The Bertz CT molecular complexity index is 1650. The van der Waals surface area contributed by atoms with Crippen molar-refractivity contribution in [3.05, 3.63) is 45.9 Å². The third-order valence-corrected chi connectivity index (χ3v) is 11.9. The van der Waals surface area contributed by atoms with E-state index in [2.05, 4.69) is 22.5 Å². The summed E-state index contributed by atoms with van der Waals surface area (Å²) in [6.45, 7) is 15.5. The Hall–Kier alpha value is -4.08. The number of likely N-dealkylation sites (N-methyl/N-ethyl adjacent to an activating group) is 1. The molecule has 1 saturated heterocycles. The lowest BCUT2D eigenvalue weighted by Gasteiger charge is -2.39. The first-order valence-corrected chi connectivity index (χ1v) is 21.7. The summed E-state index contributed by atoms with van der Waals surface area (Å²) in [6, 6.07) is 4.10. The zero-order valence-electron chi connectivity index (χ0n) is 35.9. The number of phenols is 1. The van der Waals surface area contributed by atoms with E-state index in [1.807, 2.05) is 39.6 Å². The molecule has 1 aromatic carbocycles. The van der Waals surface area contributed by atoms with Gasteiger partial charge in [-0.05, 0) is 89.1 Å². The number of esters is 1. The lowest BCUT2D eigenvalue weighted by atomic mass is 9.84. The number of unbranched alkanes of at least 4 members (excludes halogenated alkanes) is 2. The number of amides is 3. The number of piperidine rings is 1. The van der Waals surface area contributed by atoms with Gasteiger partial charge in [0.25, 0.3) is 11.8 Å². The van der Waals surface area contributed by atoms with Gasteiger partial charge in [0, 0.05) is 24.8 Å². The van der Waals surface area contributed by atoms with Crippen molar-refractivity contribution in [3.63, 3.8) is 0 Å². The van der Waals surface area contributed by atoms with Crippen molar-refractivity contribution in [2.75, 3.05) is 20.2 Å². The zero-order chi connectivity index (χ0) is 43.2. The molecule has 14 nitrogen and oxygen atoms in total. The number of carboxylic acid groups (broad SMARTS) is 1. The van der Waals surface area contributed by atoms with Gasteiger partial charge in [0.05, 0.1) is 24.1 Å². The second-order valence-corrected chi connectivity index (χ2v) is 17.6. The minimum atomic E-state index is -1.15. The number of nitrogens with one attached hydrogen (secondary N) is 2. The van der Waals surface area contributed by atoms with Gasteiger partial charge < -0.3 is 25.6 Å². The van der Waals surface area contributed by atoms with Gasteiger partial charge in [0.15, 0.2) is 6.10 Å². The number of likely N-dealkylation sites (tertiary alicyclic amines) is 1.